The van der Waals surface area contributed by atoms with Crippen LogP contribution >= 0.6 is 0 Å². The molecule has 0 aliphatic carbocycles. The van der Waals surface area contributed by atoms with Gasteiger partial charge in [-0.25, -0.2) is 4.79 Å². The number of benzene rings is 1. The maximum atomic E-state index is 11.7. The molecule has 1 aromatic heterocycles. The first-order chi connectivity index (χ1) is 9.20. The molecule has 1 aromatic carbocycles. The minimum Gasteiger partial charge on any atom is -0.465 e. The Hall–Kier alpha value is -2.56. The minimum absolute atomic E-state index is 0.415. The summed E-state index contributed by atoms with van der Waals surface area (Å²) in [7, 11) is 1.34. The molecule has 0 radical (unpaired) electrons. The number of ether oxygens (including phenoxy) is 1. The van der Waals surface area contributed by atoms with Crippen LogP contribution < -0.4 is 11.1 Å². The standard InChI is InChI=1S/C14H15N3O2/c1-19-14(18)12-8-10(15)5-6-13(12)17-9-11-4-2-3-7-16-11/h2-8,17H,9,15H2,1H3. The molecule has 2 aromatic rings. The van der Waals surface area contributed by atoms with Crippen LogP contribution in [0.1, 0.15) is 16.1 Å². The van der Waals surface area contributed by atoms with Crippen molar-refractivity contribution in [2.75, 3.05) is 18.2 Å². The molecule has 0 amide bonds. The molecule has 0 saturated carbocycles. The Morgan fingerprint density at radius 2 is 2.21 bits per heavy atom. The van der Waals surface area contributed by atoms with Crippen molar-refractivity contribution in [1.29, 1.82) is 0 Å². The van der Waals surface area contributed by atoms with Crippen LogP contribution in [0.15, 0.2) is 42.6 Å². The second-order valence-electron chi connectivity index (χ2n) is 3.97. The summed E-state index contributed by atoms with van der Waals surface area (Å²) in [5, 5.41) is 3.15. The van der Waals surface area contributed by atoms with E-state index in [1.165, 1.54) is 7.11 Å². The molecule has 98 valence electrons. The normalized spacial score (nSPS) is 9.95. The van der Waals surface area contributed by atoms with Gasteiger partial charge in [-0.3, -0.25) is 4.98 Å². The summed E-state index contributed by atoms with van der Waals surface area (Å²) < 4.78 is 4.73. The van der Waals surface area contributed by atoms with E-state index < -0.39 is 5.97 Å². The number of rotatable bonds is 4. The van der Waals surface area contributed by atoms with Gasteiger partial charge in [0.05, 0.1) is 24.9 Å². The number of nitrogen functional groups attached to an aromatic ring is 1. The Morgan fingerprint density at radius 3 is 2.89 bits per heavy atom. The van der Waals surface area contributed by atoms with E-state index in [4.69, 9.17) is 10.5 Å². The highest BCUT2D eigenvalue weighted by Crippen LogP contribution is 2.20. The van der Waals surface area contributed by atoms with Crippen LogP contribution in [0.5, 0.6) is 0 Å². The van der Waals surface area contributed by atoms with Crippen molar-refractivity contribution in [3.8, 4) is 0 Å². The smallest absolute Gasteiger partial charge is 0.340 e. The SMILES string of the molecule is COC(=O)c1cc(N)ccc1NCc1ccccn1. The van der Waals surface area contributed by atoms with Crippen molar-refractivity contribution >= 4 is 17.3 Å². The zero-order chi connectivity index (χ0) is 13.7. The lowest BCUT2D eigenvalue weighted by molar-refractivity contribution is 0.0602. The summed E-state index contributed by atoms with van der Waals surface area (Å²) in [6.45, 7) is 0.523. The Morgan fingerprint density at radius 1 is 1.37 bits per heavy atom. The number of nitrogens with zero attached hydrogens (tertiary/aromatic N) is 1. The summed E-state index contributed by atoms with van der Waals surface area (Å²) in [5.74, 6) is -0.421. The van der Waals surface area contributed by atoms with Crippen molar-refractivity contribution in [3.05, 3.63) is 53.9 Å². The maximum Gasteiger partial charge on any atom is 0.340 e. The first kappa shape index (κ1) is 12.9. The summed E-state index contributed by atoms with van der Waals surface area (Å²) >= 11 is 0. The van der Waals surface area contributed by atoms with E-state index in [1.54, 1.807) is 24.4 Å². The minimum atomic E-state index is -0.421. The molecule has 5 heteroatoms. The highest BCUT2D eigenvalue weighted by molar-refractivity contribution is 5.96. The Kier molecular flexibility index (Phi) is 3.97. The highest BCUT2D eigenvalue weighted by atomic mass is 16.5. The van der Waals surface area contributed by atoms with Crippen molar-refractivity contribution in [3.63, 3.8) is 0 Å². The van der Waals surface area contributed by atoms with Gasteiger partial charge in [0.25, 0.3) is 0 Å². The van der Waals surface area contributed by atoms with Crippen molar-refractivity contribution < 1.29 is 9.53 Å². The molecule has 0 spiro atoms. The first-order valence-corrected chi connectivity index (χ1v) is 5.82. The van der Waals surface area contributed by atoms with Gasteiger partial charge in [0, 0.05) is 17.6 Å². The van der Waals surface area contributed by atoms with Crippen LogP contribution in [-0.2, 0) is 11.3 Å². The van der Waals surface area contributed by atoms with E-state index in [-0.39, 0.29) is 0 Å². The number of nitrogens with one attached hydrogen (secondary N) is 1. The first-order valence-electron chi connectivity index (χ1n) is 5.82. The third kappa shape index (κ3) is 3.22. The predicted molar refractivity (Wildman–Crippen MR) is 73.8 cm³/mol. The second kappa shape index (κ2) is 5.86. The lowest BCUT2D eigenvalue weighted by Gasteiger charge is -2.11. The molecule has 3 N–H and O–H groups in total. The lowest BCUT2D eigenvalue weighted by Crippen LogP contribution is -2.09. The summed E-state index contributed by atoms with van der Waals surface area (Å²) in [5.41, 5.74) is 8.17. The number of pyridine rings is 1. The second-order valence-corrected chi connectivity index (χ2v) is 3.97. The number of anilines is 2. The van der Waals surface area contributed by atoms with Gasteiger partial charge >= 0.3 is 5.97 Å². The molecule has 0 aliphatic rings. The van der Waals surface area contributed by atoms with Crippen LogP contribution in [0.3, 0.4) is 0 Å². The van der Waals surface area contributed by atoms with Crippen molar-refractivity contribution in [2.45, 2.75) is 6.54 Å². The molecule has 0 aliphatic heterocycles. The van der Waals surface area contributed by atoms with E-state index in [9.17, 15) is 4.79 Å². The van der Waals surface area contributed by atoms with E-state index in [0.29, 0.717) is 23.5 Å². The molecule has 0 fully saturated rings. The van der Waals surface area contributed by atoms with Crippen molar-refractivity contribution in [2.24, 2.45) is 0 Å². The summed E-state index contributed by atoms with van der Waals surface area (Å²) in [4.78, 5) is 15.9. The van der Waals surface area contributed by atoms with Gasteiger partial charge in [-0.15, -0.1) is 0 Å². The molecule has 0 atom stereocenters. The van der Waals surface area contributed by atoms with Gasteiger partial charge < -0.3 is 15.8 Å². The molecule has 19 heavy (non-hydrogen) atoms. The molecule has 2 rings (SSSR count). The number of carbonyl (C=O) groups is 1. The molecule has 1 heterocycles. The quantitative estimate of drug-likeness (QED) is 0.647. The number of aromatic nitrogens is 1. The van der Waals surface area contributed by atoms with Gasteiger partial charge in [0.15, 0.2) is 0 Å². The topological polar surface area (TPSA) is 77.2 Å². The van der Waals surface area contributed by atoms with Crippen LogP contribution in [0.25, 0.3) is 0 Å². The number of esters is 1. The number of hydrogen-bond acceptors (Lipinski definition) is 5. The largest absolute Gasteiger partial charge is 0.465 e. The lowest BCUT2D eigenvalue weighted by atomic mass is 10.1. The van der Waals surface area contributed by atoms with Gasteiger partial charge in [0.2, 0.25) is 0 Å². The zero-order valence-electron chi connectivity index (χ0n) is 10.6. The molecule has 0 saturated heterocycles. The van der Waals surface area contributed by atoms with Gasteiger partial charge in [-0.05, 0) is 30.3 Å². The number of hydrogen-bond donors (Lipinski definition) is 2. The Balaban J connectivity index is 2.18. The predicted octanol–water partition coefficient (Wildman–Crippen LogP) is 2.06. The number of nitrogens with two attached hydrogens (primary N) is 1. The van der Waals surface area contributed by atoms with Crippen LogP contribution in [0, 0.1) is 0 Å². The van der Waals surface area contributed by atoms with Crippen LogP contribution in [0.4, 0.5) is 11.4 Å². The van der Waals surface area contributed by atoms with Crippen LogP contribution in [-0.4, -0.2) is 18.1 Å². The summed E-state index contributed by atoms with van der Waals surface area (Å²) in [6, 6.07) is 10.7. The van der Waals surface area contributed by atoms with E-state index >= 15 is 0 Å². The average Bonchev–Trinajstić information content (AvgIpc) is 2.46. The average molecular weight is 257 g/mol. The van der Waals surface area contributed by atoms with E-state index in [0.717, 1.165) is 5.69 Å². The fourth-order valence-electron chi connectivity index (χ4n) is 1.68. The fraction of sp³-hybridized carbons (Fsp3) is 0.143. The number of methoxy groups -OCH3 is 1. The number of carbonyl (C=O) groups excluding carboxylic acids is 1. The maximum absolute atomic E-state index is 11.7. The third-order valence-corrected chi connectivity index (χ3v) is 2.64. The molecular formula is C14H15N3O2. The van der Waals surface area contributed by atoms with Gasteiger partial charge in [-0.2, -0.15) is 0 Å². The summed E-state index contributed by atoms with van der Waals surface area (Å²) in [6.07, 6.45) is 1.72. The van der Waals surface area contributed by atoms with Crippen molar-refractivity contribution in [1.82, 2.24) is 4.98 Å². The Bertz CT molecular complexity index is 570. The molecule has 0 bridgehead atoms. The van der Waals surface area contributed by atoms with Gasteiger partial charge in [0.1, 0.15) is 0 Å². The van der Waals surface area contributed by atoms with Crippen LogP contribution in [0.2, 0.25) is 0 Å². The molecule has 0 unspecified atom stereocenters. The molecule has 5 nitrogen and oxygen atoms in total. The monoisotopic (exact) mass is 257 g/mol. The Labute approximate surface area is 111 Å². The fourth-order valence-corrected chi connectivity index (χ4v) is 1.68. The highest BCUT2D eigenvalue weighted by Gasteiger charge is 2.12. The van der Waals surface area contributed by atoms with Gasteiger partial charge in [-0.1, -0.05) is 6.07 Å². The zero-order valence-corrected chi connectivity index (χ0v) is 10.6. The van der Waals surface area contributed by atoms with E-state index in [2.05, 4.69) is 10.3 Å². The molecular weight excluding hydrogens is 242 g/mol. The van der Waals surface area contributed by atoms with E-state index in [1.807, 2.05) is 18.2 Å². The third-order valence-electron chi connectivity index (χ3n) is 2.64.